The number of hydrogen-bond acceptors (Lipinski definition) is 2. The molecule has 1 aromatic carbocycles. The zero-order valence-corrected chi connectivity index (χ0v) is 8.83. The van der Waals surface area contributed by atoms with Crippen molar-refractivity contribution in [1.29, 1.82) is 0 Å². The van der Waals surface area contributed by atoms with Gasteiger partial charge < -0.3 is 9.88 Å². The Morgan fingerprint density at radius 3 is 2.86 bits per heavy atom. The van der Waals surface area contributed by atoms with Gasteiger partial charge in [0.1, 0.15) is 0 Å². The molecule has 0 atom stereocenters. The first-order chi connectivity index (χ1) is 6.77. The van der Waals surface area contributed by atoms with Gasteiger partial charge in [0.05, 0.1) is 11.0 Å². The molecule has 0 aliphatic carbocycles. The summed E-state index contributed by atoms with van der Waals surface area (Å²) >= 11 is 0. The minimum Gasteiger partial charge on any atom is -0.359 e. The van der Waals surface area contributed by atoms with Gasteiger partial charge in [-0.05, 0) is 18.1 Å². The fourth-order valence-corrected chi connectivity index (χ4v) is 1.86. The summed E-state index contributed by atoms with van der Waals surface area (Å²) in [6.45, 7) is 2.17. The van der Waals surface area contributed by atoms with Crippen molar-refractivity contribution < 1.29 is 0 Å². The Kier molecular flexibility index (Phi) is 2.15. The molecular formula is C11H15N3. The Morgan fingerprint density at radius 2 is 2.21 bits per heavy atom. The van der Waals surface area contributed by atoms with E-state index in [1.807, 2.05) is 14.1 Å². The van der Waals surface area contributed by atoms with Gasteiger partial charge >= 0.3 is 0 Å². The van der Waals surface area contributed by atoms with Crippen LogP contribution in [0.25, 0.3) is 11.0 Å². The number of hydrogen-bond donors (Lipinski definition) is 1. The lowest BCUT2D eigenvalue weighted by atomic mass is 10.1. The summed E-state index contributed by atoms with van der Waals surface area (Å²) in [6, 6.07) is 6.27. The van der Waals surface area contributed by atoms with E-state index in [0.717, 1.165) is 17.9 Å². The monoisotopic (exact) mass is 189 g/mol. The Bertz CT molecular complexity index is 457. The molecule has 0 bridgehead atoms. The van der Waals surface area contributed by atoms with Crippen molar-refractivity contribution in [3.8, 4) is 0 Å². The predicted octanol–water partition coefficient (Wildman–Crippen LogP) is 2.18. The number of benzene rings is 1. The molecule has 0 saturated heterocycles. The Labute approximate surface area is 83.8 Å². The summed E-state index contributed by atoms with van der Waals surface area (Å²) in [5, 5.41) is 3.09. The van der Waals surface area contributed by atoms with Crippen LogP contribution in [-0.2, 0) is 13.5 Å². The maximum atomic E-state index is 4.49. The van der Waals surface area contributed by atoms with Gasteiger partial charge in [-0.2, -0.15) is 0 Å². The van der Waals surface area contributed by atoms with Gasteiger partial charge in [0.15, 0.2) is 0 Å². The van der Waals surface area contributed by atoms with E-state index in [-0.39, 0.29) is 0 Å². The Morgan fingerprint density at radius 1 is 1.43 bits per heavy atom. The van der Waals surface area contributed by atoms with Gasteiger partial charge in [-0.3, -0.25) is 0 Å². The van der Waals surface area contributed by atoms with Gasteiger partial charge in [-0.15, -0.1) is 0 Å². The number of imidazole rings is 1. The molecule has 2 aromatic rings. The smallest absolute Gasteiger partial charge is 0.203 e. The van der Waals surface area contributed by atoms with Crippen LogP contribution in [0.5, 0.6) is 0 Å². The van der Waals surface area contributed by atoms with Crippen LogP contribution in [0.2, 0.25) is 0 Å². The van der Waals surface area contributed by atoms with Crippen molar-refractivity contribution >= 4 is 17.0 Å². The molecule has 3 nitrogen and oxygen atoms in total. The standard InChI is InChI=1S/C11H15N3/c1-4-8-6-5-7-9-10(8)14(3)11(12-2)13-9/h5-7H,4H2,1-3H3,(H,12,13). The molecule has 3 heteroatoms. The largest absolute Gasteiger partial charge is 0.359 e. The molecule has 0 amide bonds. The van der Waals surface area contributed by atoms with Crippen LogP contribution in [-0.4, -0.2) is 16.6 Å². The van der Waals surface area contributed by atoms with Crippen LogP contribution in [0.4, 0.5) is 5.95 Å². The maximum Gasteiger partial charge on any atom is 0.203 e. The van der Waals surface area contributed by atoms with E-state index in [1.54, 1.807) is 0 Å². The summed E-state index contributed by atoms with van der Waals surface area (Å²) in [5.74, 6) is 0.918. The first-order valence-corrected chi connectivity index (χ1v) is 4.90. The third-order valence-electron chi connectivity index (χ3n) is 2.58. The molecule has 1 aromatic heterocycles. The van der Waals surface area contributed by atoms with Crippen molar-refractivity contribution in [1.82, 2.24) is 9.55 Å². The van der Waals surface area contributed by atoms with Gasteiger partial charge in [0, 0.05) is 14.1 Å². The number of rotatable bonds is 2. The lowest BCUT2D eigenvalue weighted by Crippen LogP contribution is -1.98. The van der Waals surface area contributed by atoms with Crippen LogP contribution in [0.1, 0.15) is 12.5 Å². The zero-order chi connectivity index (χ0) is 10.1. The summed E-state index contributed by atoms with van der Waals surface area (Å²) in [6.07, 6.45) is 1.04. The van der Waals surface area contributed by atoms with Crippen molar-refractivity contribution in [2.45, 2.75) is 13.3 Å². The fourth-order valence-electron chi connectivity index (χ4n) is 1.86. The maximum absolute atomic E-state index is 4.49. The molecular weight excluding hydrogens is 174 g/mol. The number of fused-ring (bicyclic) bond motifs is 1. The number of nitrogens with zero attached hydrogens (tertiary/aromatic N) is 2. The topological polar surface area (TPSA) is 29.9 Å². The lowest BCUT2D eigenvalue weighted by Gasteiger charge is -2.03. The van der Waals surface area contributed by atoms with E-state index in [4.69, 9.17) is 0 Å². The third-order valence-corrected chi connectivity index (χ3v) is 2.58. The van der Waals surface area contributed by atoms with E-state index < -0.39 is 0 Å². The van der Waals surface area contributed by atoms with Gasteiger partial charge in [-0.1, -0.05) is 19.1 Å². The lowest BCUT2D eigenvalue weighted by molar-refractivity contribution is 0.942. The highest BCUT2D eigenvalue weighted by Crippen LogP contribution is 2.21. The van der Waals surface area contributed by atoms with Gasteiger partial charge in [-0.25, -0.2) is 4.98 Å². The molecule has 0 aliphatic heterocycles. The number of para-hydroxylation sites is 1. The summed E-state index contributed by atoms with van der Waals surface area (Å²) in [7, 11) is 3.94. The molecule has 0 unspecified atom stereocenters. The molecule has 0 saturated carbocycles. The van der Waals surface area contributed by atoms with E-state index in [1.165, 1.54) is 11.1 Å². The minimum atomic E-state index is 0.918. The zero-order valence-electron chi connectivity index (χ0n) is 8.83. The molecule has 0 spiro atoms. The van der Waals surface area contributed by atoms with Gasteiger partial charge in [0.25, 0.3) is 0 Å². The Balaban J connectivity index is 2.79. The SMILES string of the molecule is CCc1cccc2nc(NC)n(C)c12. The predicted molar refractivity (Wildman–Crippen MR) is 59.6 cm³/mol. The first-order valence-electron chi connectivity index (χ1n) is 4.90. The molecule has 14 heavy (non-hydrogen) atoms. The number of aryl methyl sites for hydroxylation is 2. The fraction of sp³-hybridized carbons (Fsp3) is 0.364. The highest BCUT2D eigenvalue weighted by molar-refractivity contribution is 5.82. The van der Waals surface area contributed by atoms with Gasteiger partial charge in [0.2, 0.25) is 5.95 Å². The van der Waals surface area contributed by atoms with E-state index >= 15 is 0 Å². The molecule has 2 rings (SSSR count). The van der Waals surface area contributed by atoms with Crippen LogP contribution < -0.4 is 5.32 Å². The van der Waals surface area contributed by atoms with Crippen molar-refractivity contribution in [3.63, 3.8) is 0 Å². The normalized spacial score (nSPS) is 10.8. The van der Waals surface area contributed by atoms with Crippen molar-refractivity contribution in [3.05, 3.63) is 23.8 Å². The number of nitrogens with one attached hydrogen (secondary N) is 1. The van der Waals surface area contributed by atoms with E-state index in [0.29, 0.717) is 0 Å². The minimum absolute atomic E-state index is 0.918. The number of aromatic nitrogens is 2. The molecule has 0 aliphatic rings. The van der Waals surface area contributed by atoms with Crippen LogP contribution in [0, 0.1) is 0 Å². The first kappa shape index (κ1) is 9.06. The third kappa shape index (κ3) is 1.16. The average molecular weight is 189 g/mol. The second kappa shape index (κ2) is 3.33. The van der Waals surface area contributed by atoms with Crippen LogP contribution in [0.3, 0.4) is 0 Å². The highest BCUT2D eigenvalue weighted by atomic mass is 15.2. The van der Waals surface area contributed by atoms with E-state index in [9.17, 15) is 0 Å². The molecule has 1 heterocycles. The average Bonchev–Trinajstić information content (AvgIpc) is 2.55. The molecule has 1 N–H and O–H groups in total. The van der Waals surface area contributed by atoms with E-state index in [2.05, 4.69) is 40.0 Å². The summed E-state index contributed by atoms with van der Waals surface area (Å²) < 4.78 is 2.11. The summed E-state index contributed by atoms with van der Waals surface area (Å²) in [4.78, 5) is 4.49. The Hall–Kier alpha value is -1.51. The highest BCUT2D eigenvalue weighted by Gasteiger charge is 2.08. The second-order valence-corrected chi connectivity index (χ2v) is 3.38. The quantitative estimate of drug-likeness (QED) is 0.784. The molecule has 74 valence electrons. The van der Waals surface area contributed by atoms with Crippen LogP contribution >= 0.6 is 0 Å². The number of anilines is 1. The molecule has 0 radical (unpaired) electrons. The van der Waals surface area contributed by atoms with Crippen molar-refractivity contribution in [2.75, 3.05) is 12.4 Å². The van der Waals surface area contributed by atoms with Crippen LogP contribution in [0.15, 0.2) is 18.2 Å². The summed E-state index contributed by atoms with van der Waals surface area (Å²) in [5.41, 5.74) is 3.65. The van der Waals surface area contributed by atoms with Crippen molar-refractivity contribution in [2.24, 2.45) is 7.05 Å². The molecule has 0 fully saturated rings. The second-order valence-electron chi connectivity index (χ2n) is 3.38.